The number of benzene rings is 1. The van der Waals surface area contributed by atoms with Gasteiger partial charge in [0.2, 0.25) is 5.88 Å². The highest BCUT2D eigenvalue weighted by molar-refractivity contribution is 6.37. The van der Waals surface area contributed by atoms with Gasteiger partial charge in [0.05, 0.1) is 23.1 Å². The summed E-state index contributed by atoms with van der Waals surface area (Å²) in [5.41, 5.74) is 0.874. The van der Waals surface area contributed by atoms with Gasteiger partial charge >= 0.3 is 5.97 Å². The number of aromatic amines is 1. The molecule has 0 amide bonds. The van der Waals surface area contributed by atoms with Crippen molar-refractivity contribution in [3.8, 4) is 11.6 Å². The number of H-pyrrole nitrogens is 1. The second-order valence-electron chi connectivity index (χ2n) is 5.62. The monoisotopic (exact) mass is 384 g/mol. The third-order valence-corrected chi connectivity index (χ3v) is 3.91. The average Bonchev–Trinajstić information content (AvgIpc) is 2.52. The van der Waals surface area contributed by atoms with E-state index in [0.717, 1.165) is 0 Å². The van der Waals surface area contributed by atoms with Crippen molar-refractivity contribution in [2.24, 2.45) is 0 Å². The first kappa shape index (κ1) is 19.3. The Balaban J connectivity index is 2.27. The molecule has 0 saturated carbocycles. The van der Waals surface area contributed by atoms with Crippen LogP contribution in [-0.2, 0) is 16.0 Å². The minimum absolute atomic E-state index is 0.00648. The molecule has 0 bridgehead atoms. The van der Waals surface area contributed by atoms with E-state index in [1.165, 1.54) is 0 Å². The van der Waals surface area contributed by atoms with E-state index in [1.54, 1.807) is 25.1 Å². The van der Waals surface area contributed by atoms with Gasteiger partial charge in [0.1, 0.15) is 0 Å². The minimum atomic E-state index is -0.368. The lowest BCUT2D eigenvalue weighted by Crippen LogP contribution is -2.15. The van der Waals surface area contributed by atoms with Gasteiger partial charge in [0.15, 0.2) is 5.75 Å². The molecule has 1 heterocycles. The molecule has 2 rings (SSSR count). The summed E-state index contributed by atoms with van der Waals surface area (Å²) in [6.07, 6.45) is 0.0575. The molecular formula is C17H18Cl2N2O4. The third-order valence-electron chi connectivity index (χ3n) is 3.35. The molecule has 0 unspecified atom stereocenters. The Morgan fingerprint density at radius 2 is 1.88 bits per heavy atom. The molecule has 6 nitrogen and oxygen atoms in total. The smallest absolute Gasteiger partial charge is 0.310 e. The lowest BCUT2D eigenvalue weighted by Gasteiger charge is -2.12. The van der Waals surface area contributed by atoms with Crippen LogP contribution in [-0.4, -0.2) is 22.8 Å². The zero-order valence-corrected chi connectivity index (χ0v) is 15.6. The molecule has 0 aliphatic heterocycles. The normalized spacial score (nSPS) is 10.8. The number of hydrogen-bond donors (Lipinski definition) is 1. The van der Waals surface area contributed by atoms with Gasteiger partial charge in [0.25, 0.3) is 5.56 Å². The summed E-state index contributed by atoms with van der Waals surface area (Å²) in [5.74, 6) is 0.00890. The molecule has 25 heavy (non-hydrogen) atoms. The third kappa shape index (κ3) is 4.96. The fourth-order valence-electron chi connectivity index (χ4n) is 2.18. The Kier molecular flexibility index (Phi) is 6.45. The van der Waals surface area contributed by atoms with E-state index in [0.29, 0.717) is 17.7 Å². The molecule has 0 spiro atoms. The minimum Gasteiger partial charge on any atom is -0.466 e. The maximum absolute atomic E-state index is 11.7. The molecule has 0 atom stereocenters. The summed E-state index contributed by atoms with van der Waals surface area (Å²) >= 11 is 12.4. The van der Waals surface area contributed by atoms with Crippen molar-refractivity contribution in [2.75, 3.05) is 6.61 Å². The van der Waals surface area contributed by atoms with Crippen LogP contribution in [0.1, 0.15) is 37.8 Å². The van der Waals surface area contributed by atoms with Gasteiger partial charge in [-0.05, 0) is 30.5 Å². The van der Waals surface area contributed by atoms with Crippen molar-refractivity contribution in [1.82, 2.24) is 10.2 Å². The van der Waals surface area contributed by atoms with Crippen LogP contribution in [0, 0.1) is 0 Å². The zero-order valence-electron chi connectivity index (χ0n) is 14.1. The second-order valence-corrected chi connectivity index (χ2v) is 6.43. The van der Waals surface area contributed by atoms with Crippen LogP contribution in [0.15, 0.2) is 23.0 Å². The van der Waals surface area contributed by atoms with Gasteiger partial charge in [-0.25, -0.2) is 5.10 Å². The number of carbonyl (C=O) groups is 1. The average molecular weight is 385 g/mol. The fraction of sp³-hybridized carbons (Fsp3) is 0.353. The van der Waals surface area contributed by atoms with Gasteiger partial charge < -0.3 is 9.47 Å². The topological polar surface area (TPSA) is 81.3 Å². The largest absolute Gasteiger partial charge is 0.466 e. The van der Waals surface area contributed by atoms with Crippen molar-refractivity contribution in [2.45, 2.75) is 33.1 Å². The highest BCUT2D eigenvalue weighted by Gasteiger charge is 2.15. The Bertz CT molecular complexity index is 811. The summed E-state index contributed by atoms with van der Waals surface area (Å²) < 4.78 is 10.5. The Hall–Kier alpha value is -2.05. The Morgan fingerprint density at radius 3 is 2.44 bits per heavy atom. The number of nitrogens with one attached hydrogen (secondary N) is 1. The molecule has 0 radical (unpaired) electrons. The molecule has 134 valence electrons. The first-order valence-electron chi connectivity index (χ1n) is 7.72. The molecule has 0 fully saturated rings. The number of esters is 1. The van der Waals surface area contributed by atoms with Crippen LogP contribution in [0.5, 0.6) is 11.6 Å². The van der Waals surface area contributed by atoms with E-state index in [4.69, 9.17) is 32.7 Å². The van der Waals surface area contributed by atoms with Crippen molar-refractivity contribution in [3.63, 3.8) is 0 Å². The number of halogens is 2. The molecule has 1 aromatic heterocycles. The van der Waals surface area contributed by atoms with Crippen LogP contribution in [0.2, 0.25) is 10.0 Å². The number of aromatic nitrogens is 2. The number of nitrogens with zero attached hydrogens (tertiary/aromatic N) is 1. The second kappa shape index (κ2) is 8.36. The van der Waals surface area contributed by atoms with E-state index in [9.17, 15) is 9.59 Å². The summed E-state index contributed by atoms with van der Waals surface area (Å²) in [6.45, 7) is 5.81. The predicted octanol–water partition coefficient (Wildman–Crippen LogP) is 4.10. The van der Waals surface area contributed by atoms with E-state index in [-0.39, 0.29) is 45.5 Å². The molecule has 8 heteroatoms. The molecule has 0 saturated heterocycles. The SMILES string of the molecule is CCOC(=O)Cc1cc(Cl)c(Oc2cc(C(C)C)c(=O)[nH]n2)c(Cl)c1. The highest BCUT2D eigenvalue weighted by Crippen LogP contribution is 2.37. The maximum Gasteiger partial charge on any atom is 0.310 e. The van der Waals surface area contributed by atoms with Crippen LogP contribution < -0.4 is 10.3 Å². The van der Waals surface area contributed by atoms with Gasteiger partial charge in [-0.3, -0.25) is 9.59 Å². The molecular weight excluding hydrogens is 367 g/mol. The quantitative estimate of drug-likeness (QED) is 0.758. The molecule has 1 N–H and O–H groups in total. The maximum atomic E-state index is 11.7. The number of carbonyl (C=O) groups excluding carboxylic acids is 1. The van der Waals surface area contributed by atoms with Gasteiger partial charge in [-0.15, -0.1) is 5.10 Å². The lowest BCUT2D eigenvalue weighted by atomic mass is 10.1. The summed E-state index contributed by atoms with van der Waals surface area (Å²) in [5, 5.41) is 6.68. The van der Waals surface area contributed by atoms with Crippen molar-refractivity contribution in [3.05, 3.63) is 49.7 Å². The van der Waals surface area contributed by atoms with Gasteiger partial charge in [-0.1, -0.05) is 37.0 Å². The van der Waals surface area contributed by atoms with E-state index in [1.807, 2.05) is 13.8 Å². The van der Waals surface area contributed by atoms with Crippen molar-refractivity contribution < 1.29 is 14.3 Å². The van der Waals surface area contributed by atoms with Crippen LogP contribution in [0.3, 0.4) is 0 Å². The van der Waals surface area contributed by atoms with Crippen LogP contribution in [0.25, 0.3) is 0 Å². The summed E-state index contributed by atoms with van der Waals surface area (Å²) in [6, 6.07) is 4.70. The Labute approximate surface area is 155 Å². The lowest BCUT2D eigenvalue weighted by molar-refractivity contribution is -0.142. The van der Waals surface area contributed by atoms with Crippen molar-refractivity contribution >= 4 is 29.2 Å². The molecule has 1 aromatic carbocycles. The standard InChI is InChI=1S/C17H18Cl2N2O4/c1-4-24-15(22)7-10-5-12(18)16(13(19)6-10)25-14-8-11(9(2)3)17(23)21-20-14/h5-6,8-9H,4,7H2,1-3H3,(H,21,23). The predicted molar refractivity (Wildman–Crippen MR) is 95.8 cm³/mol. The number of hydrogen-bond acceptors (Lipinski definition) is 5. The zero-order chi connectivity index (χ0) is 18.6. The van der Waals surface area contributed by atoms with E-state index < -0.39 is 0 Å². The van der Waals surface area contributed by atoms with Crippen LogP contribution >= 0.6 is 23.2 Å². The Morgan fingerprint density at radius 1 is 1.24 bits per heavy atom. The summed E-state index contributed by atoms with van der Waals surface area (Å²) in [4.78, 5) is 23.3. The van der Waals surface area contributed by atoms with Gasteiger partial charge in [-0.2, -0.15) is 0 Å². The van der Waals surface area contributed by atoms with E-state index >= 15 is 0 Å². The first-order chi connectivity index (χ1) is 11.8. The number of rotatable bonds is 6. The summed E-state index contributed by atoms with van der Waals surface area (Å²) in [7, 11) is 0. The highest BCUT2D eigenvalue weighted by atomic mass is 35.5. The fourth-order valence-corrected chi connectivity index (χ4v) is 2.79. The van der Waals surface area contributed by atoms with E-state index in [2.05, 4.69) is 10.2 Å². The van der Waals surface area contributed by atoms with Gasteiger partial charge in [0, 0.05) is 11.6 Å². The molecule has 0 aliphatic carbocycles. The first-order valence-corrected chi connectivity index (χ1v) is 8.48. The molecule has 2 aromatic rings. The molecule has 0 aliphatic rings. The number of ether oxygens (including phenoxy) is 2. The van der Waals surface area contributed by atoms with Crippen molar-refractivity contribution in [1.29, 1.82) is 0 Å². The van der Waals surface area contributed by atoms with Crippen LogP contribution in [0.4, 0.5) is 0 Å².